The molecule has 0 aliphatic heterocycles. The minimum atomic E-state index is -4.82. The van der Waals surface area contributed by atoms with Crippen molar-refractivity contribution in [3.8, 4) is 0 Å². The second-order valence-electron chi connectivity index (χ2n) is 5.30. The molecule has 142 valence electrons. The third-order valence-electron chi connectivity index (χ3n) is 3.38. The Morgan fingerprint density at radius 1 is 1.15 bits per heavy atom. The van der Waals surface area contributed by atoms with Gasteiger partial charge in [-0.25, -0.2) is 13.2 Å². The van der Waals surface area contributed by atoms with Crippen LogP contribution in [-0.4, -0.2) is 24.5 Å². The van der Waals surface area contributed by atoms with E-state index in [-0.39, 0.29) is 17.1 Å². The van der Waals surface area contributed by atoms with Crippen molar-refractivity contribution in [1.82, 2.24) is 4.98 Å². The lowest BCUT2D eigenvalue weighted by atomic mass is 10.2. The molecule has 0 atom stereocenters. The number of benzene rings is 1. The molecule has 0 unspecified atom stereocenters. The van der Waals surface area contributed by atoms with Crippen LogP contribution in [0.4, 0.5) is 18.9 Å². The van der Waals surface area contributed by atoms with Gasteiger partial charge in [0, 0.05) is 11.4 Å². The van der Waals surface area contributed by atoms with E-state index in [1.165, 1.54) is 13.8 Å². The van der Waals surface area contributed by atoms with Crippen LogP contribution in [0, 0.1) is 13.8 Å². The standard InChI is InChI=1S/C14H11Cl2F3N2O4S/c1-5-10(13(22)23)12(6(2)20-5)26(24,25)21-7-3-8(15)11(9(16)4-7)14(17,18)19/h3-4,20-21H,1-2H3,(H,22,23). The zero-order valence-corrected chi connectivity index (χ0v) is 15.5. The largest absolute Gasteiger partial charge is 0.478 e. The van der Waals surface area contributed by atoms with Crippen LogP contribution in [0.25, 0.3) is 0 Å². The fourth-order valence-corrected chi connectivity index (χ4v) is 4.66. The number of carbonyl (C=O) groups is 1. The molecule has 0 spiro atoms. The first-order valence-electron chi connectivity index (χ1n) is 6.77. The molecule has 1 heterocycles. The normalized spacial score (nSPS) is 12.3. The van der Waals surface area contributed by atoms with Crippen molar-refractivity contribution in [2.24, 2.45) is 0 Å². The van der Waals surface area contributed by atoms with Crippen LogP contribution in [0.15, 0.2) is 17.0 Å². The Hall–Kier alpha value is -1.91. The highest BCUT2D eigenvalue weighted by Gasteiger charge is 2.36. The van der Waals surface area contributed by atoms with Gasteiger partial charge in [-0.15, -0.1) is 0 Å². The lowest BCUT2D eigenvalue weighted by Gasteiger charge is -2.14. The highest BCUT2D eigenvalue weighted by atomic mass is 35.5. The zero-order valence-electron chi connectivity index (χ0n) is 13.1. The molecule has 2 aromatic rings. The summed E-state index contributed by atoms with van der Waals surface area (Å²) >= 11 is 11.1. The zero-order chi connectivity index (χ0) is 20.0. The van der Waals surface area contributed by atoms with Crippen LogP contribution in [0.1, 0.15) is 27.3 Å². The summed E-state index contributed by atoms with van der Waals surface area (Å²) in [6, 6.07) is 1.48. The number of rotatable bonds is 4. The Morgan fingerprint density at radius 2 is 1.65 bits per heavy atom. The number of hydrogen-bond acceptors (Lipinski definition) is 3. The van der Waals surface area contributed by atoms with Crippen molar-refractivity contribution in [3.05, 3.63) is 44.7 Å². The molecule has 26 heavy (non-hydrogen) atoms. The summed E-state index contributed by atoms with van der Waals surface area (Å²) < 4.78 is 65.7. The van der Waals surface area contributed by atoms with Gasteiger partial charge in [0.1, 0.15) is 10.5 Å². The number of alkyl halides is 3. The average molecular weight is 431 g/mol. The van der Waals surface area contributed by atoms with Crippen LogP contribution in [-0.2, 0) is 16.2 Å². The van der Waals surface area contributed by atoms with E-state index in [1.54, 1.807) is 0 Å². The Labute approximate surface area is 156 Å². The van der Waals surface area contributed by atoms with Gasteiger partial charge in [-0.1, -0.05) is 23.2 Å². The van der Waals surface area contributed by atoms with Crippen molar-refractivity contribution in [1.29, 1.82) is 0 Å². The number of hydrogen-bond donors (Lipinski definition) is 3. The summed E-state index contributed by atoms with van der Waals surface area (Å²) in [5, 5.41) is 7.62. The molecule has 1 aromatic heterocycles. The van der Waals surface area contributed by atoms with Crippen molar-refractivity contribution in [2.75, 3.05) is 4.72 Å². The Morgan fingerprint density at radius 3 is 2.08 bits per heavy atom. The Balaban J connectivity index is 2.55. The second-order valence-corrected chi connectivity index (χ2v) is 7.74. The van der Waals surface area contributed by atoms with Crippen molar-refractivity contribution in [2.45, 2.75) is 24.9 Å². The Kier molecular flexibility index (Phi) is 5.24. The predicted octanol–water partition coefficient (Wildman–Crippen LogP) is 4.46. The molecule has 0 saturated heterocycles. The first-order valence-corrected chi connectivity index (χ1v) is 9.01. The molecule has 0 aliphatic carbocycles. The fraction of sp³-hybridized carbons (Fsp3) is 0.214. The van der Waals surface area contributed by atoms with Gasteiger partial charge in [0.2, 0.25) is 0 Å². The molecule has 0 radical (unpaired) electrons. The van der Waals surface area contributed by atoms with Crippen molar-refractivity contribution >= 4 is 44.9 Å². The number of aromatic amines is 1. The number of nitrogens with one attached hydrogen (secondary N) is 2. The van der Waals surface area contributed by atoms with Gasteiger partial charge in [-0.05, 0) is 26.0 Å². The monoisotopic (exact) mass is 430 g/mol. The number of carboxylic acid groups (broad SMARTS) is 1. The first kappa shape index (κ1) is 20.4. The topological polar surface area (TPSA) is 99.3 Å². The molecule has 0 fully saturated rings. The summed E-state index contributed by atoms with van der Waals surface area (Å²) in [6.45, 7) is 2.72. The summed E-state index contributed by atoms with van der Waals surface area (Å²) in [5.41, 5.74) is -1.96. The maximum absolute atomic E-state index is 12.9. The summed E-state index contributed by atoms with van der Waals surface area (Å²) in [5.74, 6) is -1.48. The summed E-state index contributed by atoms with van der Waals surface area (Å²) in [7, 11) is -4.44. The van der Waals surface area contributed by atoms with Gasteiger partial charge in [-0.3, -0.25) is 4.72 Å². The van der Waals surface area contributed by atoms with Crippen LogP contribution < -0.4 is 4.72 Å². The number of halogens is 5. The summed E-state index contributed by atoms with van der Waals surface area (Å²) in [4.78, 5) is 13.4. The van der Waals surface area contributed by atoms with E-state index in [0.29, 0.717) is 0 Å². The van der Waals surface area contributed by atoms with E-state index < -0.39 is 48.2 Å². The smallest absolute Gasteiger partial charge is 0.419 e. The third kappa shape index (κ3) is 3.76. The molecule has 3 N–H and O–H groups in total. The fourth-order valence-electron chi connectivity index (χ4n) is 2.46. The van der Waals surface area contributed by atoms with Gasteiger partial charge in [0.25, 0.3) is 10.0 Å². The molecule has 0 amide bonds. The molecule has 0 aliphatic rings. The van der Waals surface area contributed by atoms with E-state index in [4.69, 9.17) is 23.2 Å². The van der Waals surface area contributed by atoms with Gasteiger partial charge in [0.05, 0.1) is 21.3 Å². The molecule has 12 heteroatoms. The van der Waals surface area contributed by atoms with Crippen molar-refractivity contribution < 1.29 is 31.5 Å². The molecular formula is C14H11Cl2F3N2O4S. The number of aromatic carboxylic acids is 1. The van der Waals surface area contributed by atoms with Gasteiger partial charge < -0.3 is 10.1 Å². The first-order chi connectivity index (χ1) is 11.8. The summed E-state index contributed by atoms with van der Waals surface area (Å²) in [6.07, 6.45) is -4.82. The van der Waals surface area contributed by atoms with Crippen LogP contribution >= 0.6 is 23.2 Å². The number of aromatic nitrogens is 1. The number of aryl methyl sites for hydroxylation is 2. The molecule has 1 aromatic carbocycles. The van der Waals surface area contributed by atoms with E-state index >= 15 is 0 Å². The maximum Gasteiger partial charge on any atom is 0.419 e. The van der Waals surface area contributed by atoms with Crippen LogP contribution in [0.5, 0.6) is 0 Å². The molecule has 0 saturated carbocycles. The number of H-pyrrole nitrogens is 1. The van der Waals surface area contributed by atoms with Crippen LogP contribution in [0.3, 0.4) is 0 Å². The van der Waals surface area contributed by atoms with E-state index in [9.17, 15) is 31.5 Å². The Bertz CT molecular complexity index is 977. The van der Waals surface area contributed by atoms with Gasteiger partial charge >= 0.3 is 12.1 Å². The highest BCUT2D eigenvalue weighted by molar-refractivity contribution is 7.92. The number of sulfonamides is 1. The number of anilines is 1. The molecule has 6 nitrogen and oxygen atoms in total. The lowest BCUT2D eigenvalue weighted by molar-refractivity contribution is -0.137. The molecule has 0 bridgehead atoms. The minimum absolute atomic E-state index is 0.0523. The van der Waals surface area contributed by atoms with E-state index in [2.05, 4.69) is 4.98 Å². The third-order valence-corrected chi connectivity index (χ3v) is 5.53. The average Bonchev–Trinajstić information content (AvgIpc) is 2.70. The van der Waals surface area contributed by atoms with E-state index in [0.717, 1.165) is 12.1 Å². The maximum atomic E-state index is 12.9. The number of carboxylic acids is 1. The minimum Gasteiger partial charge on any atom is -0.478 e. The van der Waals surface area contributed by atoms with Gasteiger partial charge in [-0.2, -0.15) is 13.2 Å². The van der Waals surface area contributed by atoms with Crippen molar-refractivity contribution in [3.63, 3.8) is 0 Å². The SMILES string of the molecule is Cc1[nH]c(C)c(S(=O)(=O)Nc2cc(Cl)c(C(F)(F)F)c(Cl)c2)c1C(=O)O. The predicted molar refractivity (Wildman–Crippen MR) is 89.5 cm³/mol. The van der Waals surface area contributed by atoms with E-state index in [1.807, 2.05) is 4.72 Å². The molecular weight excluding hydrogens is 420 g/mol. The lowest BCUT2D eigenvalue weighted by Crippen LogP contribution is -2.17. The van der Waals surface area contributed by atoms with Crippen LogP contribution in [0.2, 0.25) is 10.0 Å². The second kappa shape index (κ2) is 6.67. The molecule has 2 rings (SSSR count). The quantitative estimate of drug-likeness (QED) is 0.666. The highest BCUT2D eigenvalue weighted by Crippen LogP contribution is 2.41. The van der Waals surface area contributed by atoms with Gasteiger partial charge in [0.15, 0.2) is 0 Å².